The predicted octanol–water partition coefficient (Wildman–Crippen LogP) is 1.43. The molecule has 1 aliphatic rings. The van der Waals surface area contributed by atoms with Gasteiger partial charge >= 0.3 is 0 Å². The number of aromatic nitrogens is 2. The lowest BCUT2D eigenvalue weighted by atomic mass is 10.2. The zero-order valence-electron chi connectivity index (χ0n) is 11.0. The number of likely N-dealkylation sites (tertiary alicyclic amines) is 1. The van der Waals surface area contributed by atoms with Crippen molar-refractivity contribution in [2.24, 2.45) is 5.73 Å². The molecule has 0 radical (unpaired) electrons. The average molecular weight is 236 g/mol. The Morgan fingerprint density at radius 2 is 2.35 bits per heavy atom. The van der Waals surface area contributed by atoms with Crippen molar-refractivity contribution in [3.8, 4) is 0 Å². The number of nitrogens with zero attached hydrogens (tertiary/aromatic N) is 3. The second-order valence-corrected chi connectivity index (χ2v) is 5.25. The van der Waals surface area contributed by atoms with E-state index in [1.165, 1.54) is 18.5 Å². The Kier molecular flexibility index (Phi) is 4.18. The van der Waals surface area contributed by atoms with Gasteiger partial charge in [0, 0.05) is 25.3 Å². The molecule has 0 saturated carbocycles. The lowest BCUT2D eigenvalue weighted by Gasteiger charge is -2.20. The van der Waals surface area contributed by atoms with Gasteiger partial charge in [0.15, 0.2) is 0 Å². The molecule has 0 spiro atoms. The highest BCUT2D eigenvalue weighted by Crippen LogP contribution is 2.22. The maximum absolute atomic E-state index is 5.52. The minimum absolute atomic E-state index is 0.559. The van der Waals surface area contributed by atoms with Crippen LogP contribution in [-0.2, 0) is 6.42 Å². The fourth-order valence-electron chi connectivity index (χ4n) is 2.47. The zero-order chi connectivity index (χ0) is 12.3. The van der Waals surface area contributed by atoms with Crippen molar-refractivity contribution < 1.29 is 0 Å². The summed E-state index contributed by atoms with van der Waals surface area (Å²) in [6.07, 6.45) is 7.51. The first-order chi connectivity index (χ1) is 8.20. The molecule has 1 aromatic rings. The first kappa shape index (κ1) is 12.6. The van der Waals surface area contributed by atoms with Crippen molar-refractivity contribution in [2.45, 2.75) is 45.2 Å². The maximum Gasteiger partial charge on any atom is 0.0658 e. The summed E-state index contributed by atoms with van der Waals surface area (Å²) in [4.78, 5) is 2.52. The Labute approximate surface area is 104 Å². The van der Waals surface area contributed by atoms with Crippen molar-refractivity contribution >= 4 is 0 Å². The van der Waals surface area contributed by atoms with E-state index in [4.69, 9.17) is 5.73 Å². The summed E-state index contributed by atoms with van der Waals surface area (Å²) in [6, 6.07) is 1.20. The standard InChI is InChI=1S/C13H24N4/c1-11(2)16-7-5-13(10-16)17-9-12(8-15-17)4-3-6-14/h8-9,11,13H,3-7,10,14H2,1-2H3. The number of nitrogens with two attached hydrogens (primary N) is 1. The summed E-state index contributed by atoms with van der Waals surface area (Å²) in [5.41, 5.74) is 6.84. The van der Waals surface area contributed by atoms with Crippen molar-refractivity contribution in [1.29, 1.82) is 0 Å². The van der Waals surface area contributed by atoms with Gasteiger partial charge in [-0.3, -0.25) is 9.58 Å². The van der Waals surface area contributed by atoms with Gasteiger partial charge in [-0.15, -0.1) is 0 Å². The van der Waals surface area contributed by atoms with E-state index in [9.17, 15) is 0 Å². The monoisotopic (exact) mass is 236 g/mol. The number of hydrogen-bond acceptors (Lipinski definition) is 3. The molecule has 2 heterocycles. The molecule has 4 nitrogen and oxygen atoms in total. The molecule has 96 valence electrons. The van der Waals surface area contributed by atoms with Gasteiger partial charge in [0.2, 0.25) is 0 Å². The summed E-state index contributed by atoms with van der Waals surface area (Å²) in [7, 11) is 0. The Morgan fingerprint density at radius 1 is 1.53 bits per heavy atom. The molecule has 1 aromatic heterocycles. The average Bonchev–Trinajstić information content (AvgIpc) is 2.94. The molecule has 4 heteroatoms. The van der Waals surface area contributed by atoms with Crippen molar-refractivity contribution in [2.75, 3.05) is 19.6 Å². The van der Waals surface area contributed by atoms with E-state index in [-0.39, 0.29) is 0 Å². The third kappa shape index (κ3) is 3.07. The van der Waals surface area contributed by atoms with Gasteiger partial charge in [-0.2, -0.15) is 5.10 Å². The van der Waals surface area contributed by atoms with Gasteiger partial charge < -0.3 is 5.73 Å². The maximum atomic E-state index is 5.52. The van der Waals surface area contributed by atoms with Crippen LogP contribution in [0.1, 0.15) is 38.3 Å². The van der Waals surface area contributed by atoms with Gasteiger partial charge in [-0.25, -0.2) is 0 Å². The van der Waals surface area contributed by atoms with E-state index in [1.807, 2.05) is 6.20 Å². The Balaban J connectivity index is 1.92. The first-order valence-electron chi connectivity index (χ1n) is 6.68. The minimum atomic E-state index is 0.559. The number of hydrogen-bond donors (Lipinski definition) is 1. The summed E-state index contributed by atoms with van der Waals surface area (Å²) < 4.78 is 2.15. The third-order valence-corrected chi connectivity index (χ3v) is 3.62. The molecular formula is C13H24N4. The fourth-order valence-corrected chi connectivity index (χ4v) is 2.47. The van der Waals surface area contributed by atoms with Crippen molar-refractivity contribution in [3.05, 3.63) is 18.0 Å². The Hall–Kier alpha value is -0.870. The molecule has 0 amide bonds. The summed E-state index contributed by atoms with van der Waals surface area (Å²) in [5.74, 6) is 0. The van der Waals surface area contributed by atoms with Crippen LogP contribution in [0.2, 0.25) is 0 Å². The van der Waals surface area contributed by atoms with Crippen molar-refractivity contribution in [3.63, 3.8) is 0 Å². The molecule has 2 N–H and O–H groups in total. The lowest BCUT2D eigenvalue weighted by Crippen LogP contribution is -2.28. The van der Waals surface area contributed by atoms with Gasteiger partial charge in [-0.1, -0.05) is 0 Å². The molecular weight excluding hydrogens is 212 g/mol. The van der Waals surface area contributed by atoms with Gasteiger partial charge in [0.25, 0.3) is 0 Å². The van der Waals surface area contributed by atoms with Crippen LogP contribution in [0, 0.1) is 0 Å². The third-order valence-electron chi connectivity index (χ3n) is 3.62. The highest BCUT2D eigenvalue weighted by atomic mass is 15.3. The van der Waals surface area contributed by atoms with Gasteiger partial charge in [-0.05, 0) is 45.2 Å². The normalized spacial score (nSPS) is 21.5. The van der Waals surface area contributed by atoms with Crippen LogP contribution in [-0.4, -0.2) is 40.4 Å². The second kappa shape index (κ2) is 5.65. The van der Waals surface area contributed by atoms with Crippen molar-refractivity contribution in [1.82, 2.24) is 14.7 Å². The van der Waals surface area contributed by atoms with Crippen LogP contribution in [0.4, 0.5) is 0 Å². The molecule has 1 saturated heterocycles. The second-order valence-electron chi connectivity index (χ2n) is 5.25. The van der Waals surface area contributed by atoms with E-state index in [1.54, 1.807) is 0 Å². The molecule has 1 fully saturated rings. The van der Waals surface area contributed by atoms with E-state index in [0.717, 1.165) is 25.9 Å². The van der Waals surface area contributed by atoms with Crippen LogP contribution in [0.25, 0.3) is 0 Å². The lowest BCUT2D eigenvalue weighted by molar-refractivity contribution is 0.262. The summed E-state index contributed by atoms with van der Waals surface area (Å²) in [6.45, 7) is 7.61. The molecule has 0 aromatic carbocycles. The van der Waals surface area contributed by atoms with Crippen LogP contribution in [0.5, 0.6) is 0 Å². The SMILES string of the molecule is CC(C)N1CCC(n2cc(CCCN)cn2)C1. The number of rotatable bonds is 5. The minimum Gasteiger partial charge on any atom is -0.330 e. The first-order valence-corrected chi connectivity index (χ1v) is 6.68. The quantitative estimate of drug-likeness (QED) is 0.841. The molecule has 1 unspecified atom stereocenters. The Bertz CT molecular complexity index is 345. The van der Waals surface area contributed by atoms with Crippen LogP contribution in [0.15, 0.2) is 12.4 Å². The summed E-state index contributed by atoms with van der Waals surface area (Å²) >= 11 is 0. The molecule has 1 atom stereocenters. The highest BCUT2D eigenvalue weighted by molar-refractivity contribution is 5.05. The zero-order valence-corrected chi connectivity index (χ0v) is 11.0. The van der Waals surface area contributed by atoms with Gasteiger partial charge in [0.05, 0.1) is 12.2 Å². The Morgan fingerprint density at radius 3 is 3.00 bits per heavy atom. The highest BCUT2D eigenvalue weighted by Gasteiger charge is 2.25. The van der Waals surface area contributed by atoms with E-state index in [0.29, 0.717) is 12.1 Å². The number of aryl methyl sites for hydroxylation is 1. The molecule has 0 bridgehead atoms. The van der Waals surface area contributed by atoms with E-state index >= 15 is 0 Å². The smallest absolute Gasteiger partial charge is 0.0658 e. The molecule has 1 aliphatic heterocycles. The molecule has 0 aliphatic carbocycles. The van der Waals surface area contributed by atoms with Gasteiger partial charge in [0.1, 0.15) is 0 Å². The van der Waals surface area contributed by atoms with E-state index in [2.05, 4.69) is 34.7 Å². The topological polar surface area (TPSA) is 47.1 Å². The predicted molar refractivity (Wildman–Crippen MR) is 70.0 cm³/mol. The summed E-state index contributed by atoms with van der Waals surface area (Å²) in [5, 5.41) is 4.49. The largest absolute Gasteiger partial charge is 0.330 e. The molecule has 2 rings (SSSR count). The van der Waals surface area contributed by atoms with E-state index < -0.39 is 0 Å². The fraction of sp³-hybridized carbons (Fsp3) is 0.769. The molecule has 17 heavy (non-hydrogen) atoms. The van der Waals surface area contributed by atoms with Crippen LogP contribution < -0.4 is 5.73 Å². The van der Waals surface area contributed by atoms with Crippen LogP contribution in [0.3, 0.4) is 0 Å². The van der Waals surface area contributed by atoms with Crippen LogP contribution >= 0.6 is 0 Å².